The second-order valence-corrected chi connectivity index (χ2v) is 5.70. The van der Waals surface area contributed by atoms with Crippen LogP contribution in [0.5, 0.6) is 11.5 Å². The summed E-state index contributed by atoms with van der Waals surface area (Å²) in [5, 5.41) is 0. The molecule has 0 fully saturated rings. The molecule has 0 bridgehead atoms. The number of nitrogens with zero attached hydrogens (tertiary/aromatic N) is 1. The predicted octanol–water partition coefficient (Wildman–Crippen LogP) is 4.16. The van der Waals surface area contributed by atoms with E-state index in [4.69, 9.17) is 9.47 Å². The maximum atomic E-state index is 5.39. The molecule has 0 aliphatic rings. The lowest BCUT2D eigenvalue weighted by Gasteiger charge is -2.22. The van der Waals surface area contributed by atoms with Crippen LogP contribution in [0.4, 0.5) is 0 Å². The van der Waals surface area contributed by atoms with Gasteiger partial charge in [-0.25, -0.2) is 0 Å². The zero-order valence-corrected chi connectivity index (χ0v) is 14.4. The molecule has 0 aliphatic heterocycles. The fourth-order valence-electron chi connectivity index (χ4n) is 2.75. The molecule has 2 aromatic rings. The van der Waals surface area contributed by atoms with Gasteiger partial charge < -0.3 is 9.47 Å². The zero-order chi connectivity index (χ0) is 16.5. The molecular weight excluding hydrogens is 286 g/mol. The molecule has 0 aliphatic carbocycles. The Hall–Kier alpha value is -2.00. The number of hydrogen-bond donors (Lipinski definition) is 0. The Morgan fingerprint density at radius 3 is 2.22 bits per heavy atom. The molecule has 0 heterocycles. The number of hydrogen-bond acceptors (Lipinski definition) is 3. The van der Waals surface area contributed by atoms with Crippen LogP contribution < -0.4 is 9.47 Å². The summed E-state index contributed by atoms with van der Waals surface area (Å²) in [5.41, 5.74) is 2.64. The van der Waals surface area contributed by atoms with E-state index in [1.807, 2.05) is 6.07 Å². The highest BCUT2D eigenvalue weighted by atomic mass is 16.5. The Balaban J connectivity index is 1.98. The maximum absolute atomic E-state index is 5.39. The summed E-state index contributed by atoms with van der Waals surface area (Å²) >= 11 is 0. The van der Waals surface area contributed by atoms with Crippen molar-refractivity contribution in [3.63, 3.8) is 0 Å². The summed E-state index contributed by atoms with van der Waals surface area (Å²) < 4.78 is 10.7. The average Bonchev–Trinajstić information content (AvgIpc) is 2.60. The molecule has 0 saturated carbocycles. The monoisotopic (exact) mass is 313 g/mol. The van der Waals surface area contributed by atoms with Crippen molar-refractivity contribution in [3.8, 4) is 11.5 Å². The fraction of sp³-hybridized carbons (Fsp3) is 0.400. The van der Waals surface area contributed by atoms with E-state index in [1.54, 1.807) is 14.2 Å². The van der Waals surface area contributed by atoms with E-state index in [2.05, 4.69) is 54.3 Å². The second kappa shape index (κ2) is 9.21. The third-order valence-corrected chi connectivity index (χ3v) is 3.95. The molecule has 23 heavy (non-hydrogen) atoms. The first kappa shape index (κ1) is 17.4. The summed E-state index contributed by atoms with van der Waals surface area (Å²) in [5.74, 6) is 1.58. The van der Waals surface area contributed by atoms with Crippen molar-refractivity contribution in [1.82, 2.24) is 4.90 Å². The van der Waals surface area contributed by atoms with Gasteiger partial charge in [0.25, 0.3) is 0 Å². The van der Waals surface area contributed by atoms with Crippen molar-refractivity contribution in [1.29, 1.82) is 0 Å². The minimum absolute atomic E-state index is 0.783. The van der Waals surface area contributed by atoms with Crippen LogP contribution in [0, 0.1) is 0 Å². The fourth-order valence-corrected chi connectivity index (χ4v) is 2.75. The van der Waals surface area contributed by atoms with Crippen LogP contribution in [-0.4, -0.2) is 32.2 Å². The van der Waals surface area contributed by atoms with Crippen molar-refractivity contribution < 1.29 is 9.47 Å². The molecule has 0 spiro atoms. The highest BCUT2D eigenvalue weighted by Gasteiger charge is 2.08. The number of rotatable bonds is 9. The van der Waals surface area contributed by atoms with E-state index >= 15 is 0 Å². The van der Waals surface area contributed by atoms with Gasteiger partial charge >= 0.3 is 0 Å². The summed E-state index contributed by atoms with van der Waals surface area (Å²) in [6, 6.07) is 16.8. The van der Waals surface area contributed by atoms with Crippen LogP contribution in [0.2, 0.25) is 0 Å². The van der Waals surface area contributed by atoms with Gasteiger partial charge in [-0.15, -0.1) is 0 Å². The molecule has 0 amide bonds. The van der Waals surface area contributed by atoms with E-state index < -0.39 is 0 Å². The first-order valence-corrected chi connectivity index (χ1v) is 8.24. The van der Waals surface area contributed by atoms with Crippen molar-refractivity contribution in [2.24, 2.45) is 0 Å². The standard InChI is InChI=1S/C20H27NO2/c1-4-13-21(16-18-8-6-5-7-9-18)14-12-17-10-11-19(22-2)20(15-17)23-3/h5-11,15H,4,12-14,16H2,1-3H3. The quantitative estimate of drug-likeness (QED) is 0.694. The second-order valence-electron chi connectivity index (χ2n) is 5.70. The van der Waals surface area contributed by atoms with Crippen molar-refractivity contribution in [2.75, 3.05) is 27.3 Å². The lowest BCUT2D eigenvalue weighted by atomic mass is 10.1. The minimum atomic E-state index is 0.783. The van der Waals surface area contributed by atoms with Crippen LogP contribution in [0.15, 0.2) is 48.5 Å². The minimum Gasteiger partial charge on any atom is -0.493 e. The molecule has 0 radical (unpaired) electrons. The number of benzene rings is 2. The maximum Gasteiger partial charge on any atom is 0.160 e. The molecule has 2 rings (SSSR count). The van der Waals surface area contributed by atoms with Crippen molar-refractivity contribution in [3.05, 3.63) is 59.7 Å². The van der Waals surface area contributed by atoms with Gasteiger partial charge in [-0.05, 0) is 42.6 Å². The van der Waals surface area contributed by atoms with Gasteiger partial charge in [0, 0.05) is 13.1 Å². The number of ether oxygens (including phenoxy) is 2. The SMILES string of the molecule is CCCN(CCc1ccc(OC)c(OC)c1)Cc1ccccc1. The van der Waals surface area contributed by atoms with Crippen LogP contribution in [-0.2, 0) is 13.0 Å². The molecule has 0 N–H and O–H groups in total. The normalized spacial score (nSPS) is 10.8. The highest BCUT2D eigenvalue weighted by Crippen LogP contribution is 2.27. The predicted molar refractivity (Wildman–Crippen MR) is 95.3 cm³/mol. The Bertz CT molecular complexity index is 583. The van der Waals surface area contributed by atoms with E-state index in [-0.39, 0.29) is 0 Å². The Morgan fingerprint density at radius 1 is 0.826 bits per heavy atom. The van der Waals surface area contributed by atoms with Crippen LogP contribution in [0.25, 0.3) is 0 Å². The van der Waals surface area contributed by atoms with Crippen LogP contribution in [0.3, 0.4) is 0 Å². The first-order valence-electron chi connectivity index (χ1n) is 8.24. The molecule has 0 unspecified atom stereocenters. The smallest absolute Gasteiger partial charge is 0.160 e. The van der Waals surface area contributed by atoms with E-state index in [9.17, 15) is 0 Å². The average molecular weight is 313 g/mol. The molecule has 2 aromatic carbocycles. The molecule has 124 valence electrons. The van der Waals surface area contributed by atoms with Gasteiger partial charge in [-0.3, -0.25) is 4.90 Å². The van der Waals surface area contributed by atoms with Gasteiger partial charge in [-0.1, -0.05) is 43.3 Å². The van der Waals surface area contributed by atoms with Crippen molar-refractivity contribution >= 4 is 0 Å². The molecular formula is C20H27NO2. The van der Waals surface area contributed by atoms with Crippen LogP contribution >= 0.6 is 0 Å². The van der Waals surface area contributed by atoms with Gasteiger partial charge in [0.1, 0.15) is 0 Å². The summed E-state index contributed by atoms with van der Waals surface area (Å²) in [6.45, 7) is 5.39. The largest absolute Gasteiger partial charge is 0.493 e. The molecule has 0 saturated heterocycles. The lowest BCUT2D eigenvalue weighted by Crippen LogP contribution is -2.26. The summed E-state index contributed by atoms with van der Waals surface area (Å²) in [7, 11) is 3.35. The topological polar surface area (TPSA) is 21.7 Å². The molecule has 0 atom stereocenters. The third kappa shape index (κ3) is 5.29. The summed E-state index contributed by atoms with van der Waals surface area (Å²) in [6.07, 6.45) is 2.17. The number of methoxy groups -OCH3 is 2. The first-order chi connectivity index (χ1) is 11.3. The molecule has 0 aromatic heterocycles. The van der Waals surface area contributed by atoms with E-state index in [0.717, 1.165) is 37.6 Å². The van der Waals surface area contributed by atoms with Crippen LogP contribution in [0.1, 0.15) is 24.5 Å². The molecule has 3 nitrogen and oxygen atoms in total. The van der Waals surface area contributed by atoms with E-state index in [1.165, 1.54) is 17.5 Å². The van der Waals surface area contributed by atoms with Gasteiger partial charge in [0.15, 0.2) is 11.5 Å². The third-order valence-electron chi connectivity index (χ3n) is 3.95. The zero-order valence-electron chi connectivity index (χ0n) is 14.4. The van der Waals surface area contributed by atoms with Gasteiger partial charge in [0.05, 0.1) is 14.2 Å². The Kier molecular flexibility index (Phi) is 6.95. The highest BCUT2D eigenvalue weighted by molar-refractivity contribution is 5.42. The Morgan fingerprint density at radius 2 is 1.57 bits per heavy atom. The van der Waals surface area contributed by atoms with Gasteiger partial charge in [-0.2, -0.15) is 0 Å². The molecule has 3 heteroatoms. The Labute approximate surface area is 139 Å². The lowest BCUT2D eigenvalue weighted by molar-refractivity contribution is 0.269. The van der Waals surface area contributed by atoms with E-state index in [0.29, 0.717) is 0 Å². The van der Waals surface area contributed by atoms with Gasteiger partial charge in [0.2, 0.25) is 0 Å². The summed E-state index contributed by atoms with van der Waals surface area (Å²) in [4.78, 5) is 2.51. The van der Waals surface area contributed by atoms with Crippen molar-refractivity contribution in [2.45, 2.75) is 26.3 Å².